The number of ketones is 1. The number of nitrogens with two attached hydrogens (primary N) is 1. The van der Waals surface area contributed by atoms with E-state index in [0.717, 1.165) is 0 Å². The second kappa shape index (κ2) is 4.73. The first-order chi connectivity index (χ1) is 6.63. The molecule has 0 saturated carbocycles. The SMILES string of the molecule is NCC(=O)c1csc(OCC(=O)O)c1. The molecule has 0 fully saturated rings. The van der Waals surface area contributed by atoms with E-state index in [2.05, 4.69) is 0 Å². The van der Waals surface area contributed by atoms with Gasteiger partial charge in [0.1, 0.15) is 0 Å². The van der Waals surface area contributed by atoms with Gasteiger partial charge < -0.3 is 15.6 Å². The number of carboxylic acid groups (broad SMARTS) is 1. The van der Waals surface area contributed by atoms with Crippen molar-refractivity contribution in [2.45, 2.75) is 0 Å². The van der Waals surface area contributed by atoms with Crippen LogP contribution in [0.25, 0.3) is 0 Å². The Morgan fingerprint density at radius 3 is 2.86 bits per heavy atom. The highest BCUT2D eigenvalue weighted by Crippen LogP contribution is 2.22. The molecule has 0 aliphatic rings. The fourth-order valence-electron chi connectivity index (χ4n) is 0.789. The third kappa shape index (κ3) is 2.82. The quantitative estimate of drug-likeness (QED) is 0.692. The van der Waals surface area contributed by atoms with E-state index < -0.39 is 12.6 Å². The molecule has 0 amide bonds. The molecule has 3 N–H and O–H groups in total. The molecule has 0 bridgehead atoms. The Labute approximate surface area is 84.1 Å². The molecule has 1 heterocycles. The summed E-state index contributed by atoms with van der Waals surface area (Å²) in [5.41, 5.74) is 5.61. The van der Waals surface area contributed by atoms with Crippen molar-refractivity contribution in [1.29, 1.82) is 0 Å². The van der Waals surface area contributed by atoms with E-state index in [1.54, 1.807) is 5.38 Å². The maximum atomic E-state index is 11.1. The summed E-state index contributed by atoms with van der Waals surface area (Å²) in [6.45, 7) is -0.466. The van der Waals surface area contributed by atoms with Gasteiger partial charge in [0.25, 0.3) is 0 Å². The number of carbonyl (C=O) groups excluding carboxylic acids is 1. The van der Waals surface area contributed by atoms with Crippen LogP contribution in [0.2, 0.25) is 0 Å². The second-order valence-electron chi connectivity index (χ2n) is 2.46. The average molecular weight is 215 g/mol. The van der Waals surface area contributed by atoms with Crippen molar-refractivity contribution in [2.75, 3.05) is 13.2 Å². The maximum absolute atomic E-state index is 11.1. The predicted octanol–water partition coefficient (Wildman–Crippen LogP) is 0.353. The summed E-state index contributed by atoms with van der Waals surface area (Å²) in [5, 5.41) is 10.3. The van der Waals surface area contributed by atoms with Gasteiger partial charge in [0, 0.05) is 17.0 Å². The van der Waals surface area contributed by atoms with Gasteiger partial charge in [0.2, 0.25) is 0 Å². The minimum absolute atomic E-state index is 0.0604. The predicted molar refractivity (Wildman–Crippen MR) is 50.8 cm³/mol. The van der Waals surface area contributed by atoms with E-state index in [0.29, 0.717) is 10.6 Å². The molecule has 0 spiro atoms. The molecule has 0 saturated heterocycles. The van der Waals surface area contributed by atoms with E-state index in [9.17, 15) is 9.59 Å². The van der Waals surface area contributed by atoms with Crippen molar-refractivity contribution in [2.24, 2.45) is 5.73 Å². The van der Waals surface area contributed by atoms with Crippen molar-refractivity contribution < 1.29 is 19.4 Å². The largest absolute Gasteiger partial charge is 0.479 e. The first-order valence-electron chi connectivity index (χ1n) is 3.80. The molecule has 0 aromatic carbocycles. The highest BCUT2D eigenvalue weighted by atomic mass is 32.1. The fourth-order valence-corrected chi connectivity index (χ4v) is 1.55. The third-order valence-electron chi connectivity index (χ3n) is 1.42. The molecule has 0 aliphatic carbocycles. The number of ether oxygens (including phenoxy) is 1. The lowest BCUT2D eigenvalue weighted by Crippen LogP contribution is -2.12. The molecule has 6 heteroatoms. The van der Waals surface area contributed by atoms with Crippen molar-refractivity contribution in [3.8, 4) is 5.06 Å². The van der Waals surface area contributed by atoms with E-state index in [4.69, 9.17) is 15.6 Å². The lowest BCUT2D eigenvalue weighted by molar-refractivity contribution is -0.139. The Morgan fingerprint density at radius 1 is 1.57 bits per heavy atom. The summed E-state index contributed by atoms with van der Waals surface area (Å²) in [7, 11) is 0. The van der Waals surface area contributed by atoms with E-state index in [1.807, 2.05) is 0 Å². The van der Waals surface area contributed by atoms with Gasteiger partial charge in [-0.3, -0.25) is 4.79 Å². The summed E-state index contributed by atoms with van der Waals surface area (Å²) in [6, 6.07) is 1.49. The molecule has 1 aromatic rings. The van der Waals surface area contributed by atoms with Crippen LogP contribution in [-0.4, -0.2) is 30.0 Å². The van der Waals surface area contributed by atoms with E-state index in [1.165, 1.54) is 17.4 Å². The number of rotatable bonds is 5. The lowest BCUT2D eigenvalue weighted by Gasteiger charge is -1.96. The van der Waals surface area contributed by atoms with Crippen molar-refractivity contribution in [3.05, 3.63) is 17.0 Å². The minimum Gasteiger partial charge on any atom is -0.479 e. The Balaban J connectivity index is 2.59. The molecule has 14 heavy (non-hydrogen) atoms. The molecule has 0 aliphatic heterocycles. The molecule has 1 rings (SSSR count). The number of thiophene rings is 1. The summed E-state index contributed by atoms with van der Waals surface area (Å²) in [4.78, 5) is 21.2. The van der Waals surface area contributed by atoms with E-state index >= 15 is 0 Å². The Hall–Kier alpha value is -1.40. The smallest absolute Gasteiger partial charge is 0.341 e. The molecule has 0 atom stereocenters. The van der Waals surface area contributed by atoms with Gasteiger partial charge in [-0.25, -0.2) is 4.79 Å². The van der Waals surface area contributed by atoms with Gasteiger partial charge in [-0.2, -0.15) is 0 Å². The number of Topliss-reactive ketones (excluding diaryl/α,β-unsaturated/α-hetero) is 1. The molecule has 0 unspecified atom stereocenters. The topological polar surface area (TPSA) is 89.6 Å². The number of carbonyl (C=O) groups is 2. The Kier molecular flexibility index (Phi) is 3.61. The van der Waals surface area contributed by atoms with Crippen LogP contribution in [0.1, 0.15) is 10.4 Å². The van der Waals surface area contributed by atoms with Gasteiger partial charge in [-0.05, 0) is 0 Å². The molecule has 1 aromatic heterocycles. The number of hydrogen-bond donors (Lipinski definition) is 2. The van der Waals surface area contributed by atoms with Crippen LogP contribution in [0.15, 0.2) is 11.4 Å². The first kappa shape index (κ1) is 10.7. The highest BCUT2D eigenvalue weighted by molar-refractivity contribution is 7.12. The van der Waals surface area contributed by atoms with Crippen molar-refractivity contribution in [1.82, 2.24) is 0 Å². The van der Waals surface area contributed by atoms with Crippen LogP contribution in [0.5, 0.6) is 5.06 Å². The second-order valence-corrected chi connectivity index (χ2v) is 3.34. The van der Waals surface area contributed by atoms with Crippen LogP contribution >= 0.6 is 11.3 Å². The monoisotopic (exact) mass is 215 g/mol. The Bertz CT molecular complexity index is 347. The number of aliphatic carboxylic acids is 1. The standard InChI is InChI=1S/C8H9NO4S/c9-2-6(10)5-1-8(14-4-5)13-3-7(11)12/h1,4H,2-3,9H2,(H,11,12). The number of hydrogen-bond acceptors (Lipinski definition) is 5. The normalized spacial score (nSPS) is 9.79. The van der Waals surface area contributed by atoms with Crippen LogP contribution in [0.4, 0.5) is 0 Å². The summed E-state index contributed by atoms with van der Waals surface area (Å²) in [5.74, 6) is -1.24. The molecule has 5 nitrogen and oxygen atoms in total. The van der Waals surface area contributed by atoms with E-state index in [-0.39, 0.29) is 12.3 Å². The van der Waals surface area contributed by atoms with Crippen molar-refractivity contribution >= 4 is 23.1 Å². The zero-order valence-electron chi connectivity index (χ0n) is 7.23. The van der Waals surface area contributed by atoms with Crippen LogP contribution in [0, 0.1) is 0 Å². The fraction of sp³-hybridized carbons (Fsp3) is 0.250. The summed E-state index contributed by atoms with van der Waals surface area (Å²) < 4.78 is 4.87. The molecular weight excluding hydrogens is 206 g/mol. The zero-order valence-corrected chi connectivity index (χ0v) is 8.04. The third-order valence-corrected chi connectivity index (χ3v) is 2.26. The number of carboxylic acids is 1. The van der Waals surface area contributed by atoms with Crippen LogP contribution in [0.3, 0.4) is 0 Å². The Morgan fingerprint density at radius 2 is 2.29 bits per heavy atom. The van der Waals surface area contributed by atoms with Crippen LogP contribution < -0.4 is 10.5 Å². The summed E-state index contributed by atoms with van der Waals surface area (Å²) >= 11 is 1.17. The highest BCUT2D eigenvalue weighted by Gasteiger charge is 2.08. The van der Waals surface area contributed by atoms with Gasteiger partial charge in [0.05, 0.1) is 6.54 Å². The zero-order chi connectivity index (χ0) is 10.6. The van der Waals surface area contributed by atoms with Crippen molar-refractivity contribution in [3.63, 3.8) is 0 Å². The van der Waals surface area contributed by atoms with Gasteiger partial charge in [-0.15, -0.1) is 11.3 Å². The minimum atomic E-state index is -1.05. The average Bonchev–Trinajstić information content (AvgIpc) is 2.62. The molecule has 76 valence electrons. The first-order valence-corrected chi connectivity index (χ1v) is 4.68. The maximum Gasteiger partial charge on any atom is 0.341 e. The van der Waals surface area contributed by atoms with Crippen LogP contribution in [-0.2, 0) is 4.79 Å². The van der Waals surface area contributed by atoms with Gasteiger partial charge in [0.15, 0.2) is 17.5 Å². The summed E-state index contributed by atoms with van der Waals surface area (Å²) in [6.07, 6.45) is 0. The van der Waals surface area contributed by atoms with Gasteiger partial charge >= 0.3 is 5.97 Å². The lowest BCUT2D eigenvalue weighted by atomic mass is 10.2. The molecule has 0 radical (unpaired) electrons. The van der Waals surface area contributed by atoms with Gasteiger partial charge in [-0.1, -0.05) is 0 Å². The molecular formula is C8H9NO4S.